The number of carbonyl (C=O) groups excluding carboxylic acids is 1. The number of halogens is 3. The number of benzene rings is 2. The second-order valence-electron chi connectivity index (χ2n) is 3.81. The van der Waals surface area contributed by atoms with Crippen LogP contribution in [0.4, 0.5) is 8.78 Å². The van der Waals surface area contributed by atoms with Crippen LogP contribution in [0.3, 0.4) is 0 Å². The van der Waals surface area contributed by atoms with Crippen LogP contribution in [0.15, 0.2) is 36.4 Å². The van der Waals surface area contributed by atoms with Gasteiger partial charge in [-0.05, 0) is 52.4 Å². The molecule has 5 heteroatoms. The van der Waals surface area contributed by atoms with Crippen molar-refractivity contribution in [3.8, 4) is 11.1 Å². The summed E-state index contributed by atoms with van der Waals surface area (Å²) in [5.74, 6) is -1.71. The average molecular weight is 374 g/mol. The Bertz CT molecular complexity index is 641. The number of esters is 1. The zero-order valence-electron chi connectivity index (χ0n) is 9.91. The Morgan fingerprint density at radius 3 is 2.37 bits per heavy atom. The Balaban J connectivity index is 2.49. The van der Waals surface area contributed by atoms with Crippen LogP contribution in [-0.4, -0.2) is 13.1 Å². The summed E-state index contributed by atoms with van der Waals surface area (Å²) in [5.41, 5.74) is 1.28. The Kier molecular flexibility index (Phi) is 4.14. The maximum absolute atomic E-state index is 13.7. The van der Waals surface area contributed by atoms with Crippen LogP contribution in [0.5, 0.6) is 0 Å². The van der Waals surface area contributed by atoms with Gasteiger partial charge in [0.2, 0.25) is 0 Å². The number of carbonyl (C=O) groups is 1. The summed E-state index contributed by atoms with van der Waals surface area (Å²) in [7, 11) is 1.29. The van der Waals surface area contributed by atoms with Gasteiger partial charge in [0.15, 0.2) is 0 Å². The van der Waals surface area contributed by atoms with E-state index in [2.05, 4.69) is 4.74 Å². The third-order valence-corrected chi connectivity index (χ3v) is 3.50. The normalized spacial score (nSPS) is 10.3. The van der Waals surface area contributed by atoms with Crippen LogP contribution in [0, 0.1) is 15.2 Å². The summed E-state index contributed by atoms with van der Waals surface area (Å²) in [6.07, 6.45) is 0. The van der Waals surface area contributed by atoms with Crippen molar-refractivity contribution >= 4 is 28.6 Å². The number of hydrogen-bond donors (Lipinski definition) is 0. The summed E-state index contributed by atoms with van der Waals surface area (Å²) >= 11 is 2.00. The lowest BCUT2D eigenvalue weighted by atomic mass is 10.0. The van der Waals surface area contributed by atoms with Gasteiger partial charge < -0.3 is 4.74 Å². The molecule has 0 atom stereocenters. The molecular formula is C14H9F2IO2. The van der Waals surface area contributed by atoms with Crippen LogP contribution in [0.2, 0.25) is 0 Å². The van der Waals surface area contributed by atoms with Gasteiger partial charge in [0, 0.05) is 15.2 Å². The summed E-state index contributed by atoms with van der Waals surface area (Å²) in [5, 5.41) is 0. The molecule has 2 aromatic carbocycles. The van der Waals surface area contributed by atoms with Gasteiger partial charge in [-0.2, -0.15) is 0 Å². The first kappa shape index (κ1) is 13.9. The highest BCUT2D eigenvalue weighted by Gasteiger charge is 2.12. The molecule has 98 valence electrons. The fourth-order valence-corrected chi connectivity index (χ4v) is 2.49. The molecular weight excluding hydrogens is 365 g/mol. The van der Waals surface area contributed by atoms with Crippen molar-refractivity contribution < 1.29 is 18.3 Å². The van der Waals surface area contributed by atoms with E-state index in [9.17, 15) is 13.6 Å². The number of ether oxygens (including phenoxy) is 1. The predicted octanol–water partition coefficient (Wildman–Crippen LogP) is 4.02. The highest BCUT2D eigenvalue weighted by Crippen LogP contribution is 2.29. The molecule has 0 fully saturated rings. The second-order valence-corrected chi connectivity index (χ2v) is 4.97. The molecule has 0 bridgehead atoms. The van der Waals surface area contributed by atoms with Crippen molar-refractivity contribution in [3.05, 3.63) is 57.2 Å². The first-order valence-electron chi connectivity index (χ1n) is 5.36. The van der Waals surface area contributed by atoms with Crippen molar-refractivity contribution in [1.82, 2.24) is 0 Å². The molecule has 0 radical (unpaired) electrons. The lowest BCUT2D eigenvalue weighted by Crippen LogP contribution is -2.02. The molecule has 0 amide bonds. The SMILES string of the molecule is COC(=O)c1ccc(-c2ccc(F)cc2F)c(I)c1. The van der Waals surface area contributed by atoms with Gasteiger partial charge >= 0.3 is 5.97 Å². The molecule has 0 saturated heterocycles. The molecule has 0 aromatic heterocycles. The van der Waals surface area contributed by atoms with Gasteiger partial charge in [-0.1, -0.05) is 6.07 Å². The lowest BCUT2D eigenvalue weighted by molar-refractivity contribution is 0.0600. The van der Waals surface area contributed by atoms with E-state index in [0.717, 1.165) is 6.07 Å². The minimum Gasteiger partial charge on any atom is -0.465 e. The molecule has 2 aromatic rings. The van der Waals surface area contributed by atoms with Gasteiger partial charge in [-0.15, -0.1) is 0 Å². The summed E-state index contributed by atoms with van der Waals surface area (Å²) in [6.45, 7) is 0. The Morgan fingerprint density at radius 2 is 1.79 bits per heavy atom. The highest BCUT2D eigenvalue weighted by molar-refractivity contribution is 14.1. The van der Waals surface area contributed by atoms with Gasteiger partial charge in [-0.3, -0.25) is 0 Å². The van der Waals surface area contributed by atoms with Gasteiger partial charge in [-0.25, -0.2) is 13.6 Å². The molecule has 2 nitrogen and oxygen atoms in total. The van der Waals surface area contributed by atoms with Crippen LogP contribution in [0.25, 0.3) is 11.1 Å². The van der Waals surface area contributed by atoms with Gasteiger partial charge in [0.1, 0.15) is 11.6 Å². The molecule has 19 heavy (non-hydrogen) atoms. The molecule has 2 rings (SSSR count). The first-order valence-corrected chi connectivity index (χ1v) is 6.44. The quantitative estimate of drug-likeness (QED) is 0.586. The van der Waals surface area contributed by atoms with Crippen molar-refractivity contribution in [1.29, 1.82) is 0 Å². The number of hydrogen-bond acceptors (Lipinski definition) is 2. The number of rotatable bonds is 2. The minimum absolute atomic E-state index is 0.294. The van der Waals surface area contributed by atoms with Gasteiger partial charge in [0.05, 0.1) is 12.7 Å². The Morgan fingerprint density at radius 1 is 1.11 bits per heavy atom. The standard InChI is InChI=1S/C14H9F2IO2/c1-19-14(18)8-2-4-11(13(17)6-8)10-5-3-9(15)7-12(10)16/h2-7H,1H3. The molecule has 0 unspecified atom stereocenters. The minimum atomic E-state index is -0.635. The number of methoxy groups -OCH3 is 1. The molecule has 0 saturated carbocycles. The predicted molar refractivity (Wildman–Crippen MR) is 75.9 cm³/mol. The molecule has 0 aliphatic heterocycles. The molecule has 0 aliphatic rings. The maximum Gasteiger partial charge on any atom is 0.337 e. The van der Waals surface area contributed by atoms with Crippen LogP contribution >= 0.6 is 22.6 Å². The van der Waals surface area contributed by atoms with E-state index in [1.807, 2.05) is 22.6 Å². The van der Waals surface area contributed by atoms with Crippen molar-refractivity contribution in [2.45, 2.75) is 0 Å². The maximum atomic E-state index is 13.7. The van der Waals surface area contributed by atoms with E-state index in [1.165, 1.54) is 19.2 Å². The van der Waals surface area contributed by atoms with E-state index in [0.29, 0.717) is 20.3 Å². The van der Waals surface area contributed by atoms with Crippen molar-refractivity contribution in [2.75, 3.05) is 7.11 Å². The first-order chi connectivity index (χ1) is 9.02. The van der Waals surface area contributed by atoms with E-state index >= 15 is 0 Å². The molecule has 0 N–H and O–H groups in total. The average Bonchev–Trinajstić information content (AvgIpc) is 2.38. The summed E-state index contributed by atoms with van der Waals surface area (Å²) in [6, 6.07) is 8.17. The highest BCUT2D eigenvalue weighted by atomic mass is 127. The van der Waals surface area contributed by atoms with Crippen molar-refractivity contribution in [2.24, 2.45) is 0 Å². The summed E-state index contributed by atoms with van der Waals surface area (Å²) in [4.78, 5) is 11.4. The zero-order chi connectivity index (χ0) is 14.0. The van der Waals surface area contributed by atoms with Crippen molar-refractivity contribution in [3.63, 3.8) is 0 Å². The fraction of sp³-hybridized carbons (Fsp3) is 0.0714. The molecule has 0 heterocycles. The van der Waals surface area contributed by atoms with E-state index in [-0.39, 0.29) is 0 Å². The summed E-state index contributed by atoms with van der Waals surface area (Å²) < 4.78 is 31.9. The Labute approximate surface area is 122 Å². The second kappa shape index (κ2) is 5.64. The largest absolute Gasteiger partial charge is 0.465 e. The fourth-order valence-electron chi connectivity index (χ4n) is 1.69. The topological polar surface area (TPSA) is 26.3 Å². The van der Waals surface area contributed by atoms with E-state index < -0.39 is 17.6 Å². The Hall–Kier alpha value is -1.50. The third kappa shape index (κ3) is 2.91. The molecule has 0 aliphatic carbocycles. The van der Waals surface area contributed by atoms with E-state index in [4.69, 9.17) is 0 Å². The molecule has 0 spiro atoms. The monoisotopic (exact) mass is 374 g/mol. The smallest absolute Gasteiger partial charge is 0.337 e. The zero-order valence-corrected chi connectivity index (χ0v) is 12.1. The van der Waals surface area contributed by atoms with Gasteiger partial charge in [0.25, 0.3) is 0 Å². The van der Waals surface area contributed by atoms with Crippen LogP contribution in [-0.2, 0) is 4.74 Å². The van der Waals surface area contributed by atoms with E-state index in [1.54, 1.807) is 18.2 Å². The third-order valence-electron chi connectivity index (χ3n) is 2.61. The lowest BCUT2D eigenvalue weighted by Gasteiger charge is -2.08. The van der Waals surface area contributed by atoms with Crippen LogP contribution < -0.4 is 0 Å². The van der Waals surface area contributed by atoms with Crippen LogP contribution in [0.1, 0.15) is 10.4 Å².